The maximum absolute atomic E-state index is 12.6. The van der Waals surface area contributed by atoms with Crippen LogP contribution in [-0.4, -0.2) is 13.2 Å². The van der Waals surface area contributed by atoms with Crippen LogP contribution in [-0.2, 0) is 16.5 Å². The van der Waals surface area contributed by atoms with Gasteiger partial charge >= 0.3 is 12.3 Å². The minimum absolute atomic E-state index is 0.461. The Morgan fingerprint density at radius 2 is 2.06 bits per heavy atom. The Morgan fingerprint density at radius 3 is 2.56 bits per heavy atom. The summed E-state index contributed by atoms with van der Waals surface area (Å²) in [6.45, 7) is 0. The highest BCUT2D eigenvalue weighted by Gasteiger charge is 2.47. The van der Waals surface area contributed by atoms with Crippen LogP contribution in [0.3, 0.4) is 0 Å². The van der Waals surface area contributed by atoms with Crippen molar-refractivity contribution in [2.45, 2.75) is 24.6 Å². The van der Waals surface area contributed by atoms with E-state index in [4.69, 9.17) is 0 Å². The van der Waals surface area contributed by atoms with Crippen molar-refractivity contribution in [1.82, 2.24) is 5.32 Å². The zero-order chi connectivity index (χ0) is 13.4. The molecule has 0 saturated heterocycles. The van der Waals surface area contributed by atoms with E-state index in [9.17, 15) is 18.0 Å². The Morgan fingerprint density at radius 1 is 1.39 bits per heavy atom. The Labute approximate surface area is 102 Å². The van der Waals surface area contributed by atoms with E-state index in [1.807, 2.05) is 0 Å². The van der Waals surface area contributed by atoms with Crippen molar-refractivity contribution in [3.05, 3.63) is 35.4 Å². The van der Waals surface area contributed by atoms with Crippen molar-refractivity contribution in [2.75, 3.05) is 7.11 Å². The first-order valence-corrected chi connectivity index (χ1v) is 5.41. The molecule has 1 aliphatic carbocycles. The van der Waals surface area contributed by atoms with Crippen LogP contribution in [0.2, 0.25) is 0 Å². The minimum atomic E-state index is -4.38. The van der Waals surface area contributed by atoms with Gasteiger partial charge in [0.15, 0.2) is 0 Å². The van der Waals surface area contributed by atoms with Crippen LogP contribution in [0.15, 0.2) is 24.3 Å². The number of hydrogen-bond donors (Lipinski definition) is 1. The lowest BCUT2D eigenvalue weighted by atomic mass is 10.0. The summed E-state index contributed by atoms with van der Waals surface area (Å²) in [6, 6.07) is 5.01. The van der Waals surface area contributed by atoms with Crippen molar-refractivity contribution in [1.29, 1.82) is 0 Å². The molecule has 1 N–H and O–H groups in total. The standard InChI is InChI=1S/C12H12F3NO2/c1-18-10(17)16-11(5-6-11)8-3-2-4-9(7-8)12(13,14)15/h2-4,7H,5-6H2,1H3,(H,16,17). The summed E-state index contributed by atoms with van der Waals surface area (Å²) in [6.07, 6.45) is -3.78. The number of amides is 1. The van der Waals surface area contributed by atoms with Crippen molar-refractivity contribution >= 4 is 6.09 Å². The van der Waals surface area contributed by atoms with E-state index in [0.29, 0.717) is 18.4 Å². The molecule has 0 heterocycles. The third-order valence-electron chi connectivity index (χ3n) is 3.02. The Kier molecular flexibility index (Phi) is 2.96. The van der Waals surface area contributed by atoms with Crippen LogP contribution in [0.5, 0.6) is 0 Å². The summed E-state index contributed by atoms with van der Waals surface area (Å²) in [7, 11) is 1.22. The number of halogens is 3. The fourth-order valence-corrected chi connectivity index (χ4v) is 1.85. The molecule has 0 unspecified atom stereocenters. The Hall–Kier alpha value is -1.72. The quantitative estimate of drug-likeness (QED) is 0.886. The topological polar surface area (TPSA) is 38.3 Å². The largest absolute Gasteiger partial charge is 0.453 e. The van der Waals surface area contributed by atoms with E-state index in [1.54, 1.807) is 6.07 Å². The van der Waals surface area contributed by atoms with Gasteiger partial charge in [-0.3, -0.25) is 0 Å². The van der Waals surface area contributed by atoms with E-state index in [2.05, 4.69) is 10.1 Å². The monoisotopic (exact) mass is 259 g/mol. The molecule has 0 radical (unpaired) electrons. The van der Waals surface area contributed by atoms with Gasteiger partial charge in [0.05, 0.1) is 18.2 Å². The van der Waals surface area contributed by atoms with Crippen LogP contribution < -0.4 is 5.32 Å². The van der Waals surface area contributed by atoms with Gasteiger partial charge in [-0.25, -0.2) is 4.79 Å². The lowest BCUT2D eigenvalue weighted by Crippen LogP contribution is -2.34. The number of benzene rings is 1. The molecule has 0 aromatic heterocycles. The number of alkyl carbamates (subject to hydrolysis) is 1. The van der Waals surface area contributed by atoms with Gasteiger partial charge in [0, 0.05) is 0 Å². The van der Waals surface area contributed by atoms with Gasteiger partial charge in [-0.05, 0) is 30.5 Å². The van der Waals surface area contributed by atoms with Gasteiger partial charge in [-0.1, -0.05) is 12.1 Å². The van der Waals surface area contributed by atoms with Gasteiger partial charge in [0.1, 0.15) is 0 Å². The number of rotatable bonds is 2. The van der Waals surface area contributed by atoms with E-state index < -0.39 is 23.4 Å². The first kappa shape index (κ1) is 12.7. The summed E-state index contributed by atoms with van der Waals surface area (Å²) < 4.78 is 42.3. The molecule has 1 aromatic carbocycles. The highest BCUT2D eigenvalue weighted by Crippen LogP contribution is 2.46. The normalized spacial score (nSPS) is 17.1. The van der Waals surface area contributed by atoms with Crippen molar-refractivity contribution in [3.8, 4) is 0 Å². The zero-order valence-electron chi connectivity index (χ0n) is 9.67. The van der Waals surface area contributed by atoms with Crippen molar-refractivity contribution < 1.29 is 22.7 Å². The van der Waals surface area contributed by atoms with Crippen LogP contribution >= 0.6 is 0 Å². The van der Waals surface area contributed by atoms with Gasteiger partial charge in [0.2, 0.25) is 0 Å². The number of nitrogens with one attached hydrogen (secondary N) is 1. The fourth-order valence-electron chi connectivity index (χ4n) is 1.85. The number of carbonyl (C=O) groups excluding carboxylic acids is 1. The summed E-state index contributed by atoms with van der Waals surface area (Å²) in [5.74, 6) is 0. The van der Waals surface area contributed by atoms with Crippen LogP contribution in [0.1, 0.15) is 24.0 Å². The van der Waals surface area contributed by atoms with E-state index in [1.165, 1.54) is 13.2 Å². The molecule has 0 atom stereocenters. The van der Waals surface area contributed by atoms with Crippen LogP contribution in [0.4, 0.5) is 18.0 Å². The summed E-state index contributed by atoms with van der Waals surface area (Å²) >= 11 is 0. The van der Waals surface area contributed by atoms with E-state index >= 15 is 0 Å². The number of ether oxygens (including phenoxy) is 1. The SMILES string of the molecule is COC(=O)NC1(c2cccc(C(F)(F)F)c2)CC1. The highest BCUT2D eigenvalue weighted by molar-refractivity contribution is 5.69. The highest BCUT2D eigenvalue weighted by atomic mass is 19.4. The molecule has 2 rings (SSSR count). The molecule has 98 valence electrons. The number of alkyl halides is 3. The third kappa shape index (κ3) is 2.42. The molecular formula is C12H12F3NO2. The van der Waals surface area contributed by atoms with Gasteiger partial charge in [-0.15, -0.1) is 0 Å². The van der Waals surface area contributed by atoms with Gasteiger partial charge < -0.3 is 10.1 Å². The number of hydrogen-bond acceptors (Lipinski definition) is 2. The van der Waals surface area contributed by atoms with Crippen molar-refractivity contribution in [2.24, 2.45) is 0 Å². The van der Waals surface area contributed by atoms with Crippen LogP contribution in [0.25, 0.3) is 0 Å². The molecule has 6 heteroatoms. The predicted molar refractivity (Wildman–Crippen MR) is 57.9 cm³/mol. The Balaban J connectivity index is 2.26. The van der Waals surface area contributed by atoms with Crippen molar-refractivity contribution in [3.63, 3.8) is 0 Å². The predicted octanol–water partition coefficient (Wildman–Crippen LogP) is 3.05. The lowest BCUT2D eigenvalue weighted by Gasteiger charge is -2.18. The smallest absolute Gasteiger partial charge is 0.416 e. The average Bonchev–Trinajstić information content (AvgIpc) is 3.09. The molecule has 1 aromatic rings. The maximum Gasteiger partial charge on any atom is 0.416 e. The second-order valence-corrected chi connectivity index (χ2v) is 4.28. The average molecular weight is 259 g/mol. The molecule has 3 nitrogen and oxygen atoms in total. The minimum Gasteiger partial charge on any atom is -0.453 e. The summed E-state index contributed by atoms with van der Waals surface area (Å²) in [5.41, 5.74) is -0.949. The second-order valence-electron chi connectivity index (χ2n) is 4.28. The lowest BCUT2D eigenvalue weighted by molar-refractivity contribution is -0.137. The molecule has 0 aliphatic heterocycles. The molecule has 1 saturated carbocycles. The molecule has 1 aliphatic rings. The Bertz CT molecular complexity index is 467. The number of methoxy groups -OCH3 is 1. The fraction of sp³-hybridized carbons (Fsp3) is 0.417. The first-order valence-electron chi connectivity index (χ1n) is 5.41. The molecule has 0 bridgehead atoms. The summed E-state index contributed by atoms with van der Waals surface area (Å²) in [4.78, 5) is 11.2. The molecule has 1 amide bonds. The number of carbonyl (C=O) groups is 1. The second kappa shape index (κ2) is 4.19. The third-order valence-corrected chi connectivity index (χ3v) is 3.02. The zero-order valence-corrected chi connectivity index (χ0v) is 9.67. The molecule has 18 heavy (non-hydrogen) atoms. The van der Waals surface area contributed by atoms with Gasteiger partial charge in [-0.2, -0.15) is 13.2 Å². The first-order chi connectivity index (χ1) is 8.37. The van der Waals surface area contributed by atoms with E-state index in [0.717, 1.165) is 12.1 Å². The molecule has 1 fully saturated rings. The molecular weight excluding hydrogens is 247 g/mol. The van der Waals surface area contributed by atoms with Crippen LogP contribution in [0, 0.1) is 0 Å². The summed E-state index contributed by atoms with van der Waals surface area (Å²) in [5, 5.41) is 2.58. The maximum atomic E-state index is 12.6. The molecule has 0 spiro atoms. The van der Waals surface area contributed by atoms with Gasteiger partial charge in [0.25, 0.3) is 0 Å². The van der Waals surface area contributed by atoms with E-state index in [-0.39, 0.29) is 0 Å².